The van der Waals surface area contributed by atoms with Crippen molar-refractivity contribution in [3.8, 4) is 5.75 Å². The molecular weight excluding hydrogens is 446 g/mol. The molecule has 1 aromatic rings. The minimum atomic E-state index is -0.937. The maximum atomic E-state index is 13.9. The Balaban J connectivity index is 2.38. The third-order valence-corrected chi connectivity index (χ3v) is 6.47. The number of amides is 3. The van der Waals surface area contributed by atoms with Gasteiger partial charge in [0, 0.05) is 12.6 Å². The molecule has 3 amide bonds. The molecule has 0 saturated heterocycles. The van der Waals surface area contributed by atoms with Crippen LogP contribution in [0.5, 0.6) is 5.75 Å². The lowest BCUT2D eigenvalue weighted by molar-refractivity contribution is -0.143. The van der Waals surface area contributed by atoms with Crippen molar-refractivity contribution in [1.29, 1.82) is 0 Å². The minimum absolute atomic E-state index is 0.0202. The summed E-state index contributed by atoms with van der Waals surface area (Å²) in [4.78, 5) is 41.5. The van der Waals surface area contributed by atoms with E-state index in [1.165, 1.54) is 17.0 Å². The monoisotopic (exact) mass is 489 g/mol. The molecule has 2 rings (SSSR count). The van der Waals surface area contributed by atoms with Gasteiger partial charge in [0.1, 0.15) is 23.4 Å². The molecule has 1 aromatic carbocycles. The van der Waals surface area contributed by atoms with E-state index in [9.17, 15) is 19.5 Å². The molecule has 196 valence electrons. The number of ether oxygens (including phenoxy) is 1. The molecule has 0 aliphatic heterocycles. The molecule has 0 aromatic heterocycles. The molecule has 1 aliphatic rings. The summed E-state index contributed by atoms with van der Waals surface area (Å²) in [6, 6.07) is 4.71. The number of nitrogens with one attached hydrogen (secondary N) is 2. The van der Waals surface area contributed by atoms with Crippen LogP contribution in [-0.4, -0.2) is 52.1 Å². The first-order valence-corrected chi connectivity index (χ1v) is 12.9. The number of likely N-dealkylation sites (N-methyl/N-ethyl adjacent to an activating group) is 1. The van der Waals surface area contributed by atoms with E-state index < -0.39 is 23.8 Å². The fraction of sp³-hybridized carbons (Fsp3) is 0.667. The number of aromatic hydroxyl groups is 1. The first kappa shape index (κ1) is 28.5. The van der Waals surface area contributed by atoms with Crippen molar-refractivity contribution in [3.05, 3.63) is 29.8 Å². The Morgan fingerprint density at radius 1 is 1.14 bits per heavy atom. The van der Waals surface area contributed by atoms with Crippen molar-refractivity contribution < 1.29 is 24.2 Å². The number of carbonyl (C=O) groups is 3. The van der Waals surface area contributed by atoms with Crippen molar-refractivity contribution in [2.45, 2.75) is 104 Å². The normalized spacial score (nSPS) is 17.1. The van der Waals surface area contributed by atoms with E-state index in [1.807, 2.05) is 20.8 Å². The topological polar surface area (TPSA) is 108 Å². The third-order valence-electron chi connectivity index (χ3n) is 6.47. The van der Waals surface area contributed by atoms with Gasteiger partial charge in [0.25, 0.3) is 0 Å². The average Bonchev–Trinajstić information content (AvgIpc) is 2.79. The van der Waals surface area contributed by atoms with Crippen LogP contribution in [0.3, 0.4) is 0 Å². The van der Waals surface area contributed by atoms with Crippen molar-refractivity contribution in [2.24, 2.45) is 5.92 Å². The number of phenols is 1. The highest BCUT2D eigenvalue weighted by Crippen LogP contribution is 2.28. The van der Waals surface area contributed by atoms with Crippen molar-refractivity contribution in [3.63, 3.8) is 0 Å². The highest BCUT2D eigenvalue weighted by molar-refractivity contribution is 5.92. The van der Waals surface area contributed by atoms with Gasteiger partial charge in [-0.1, -0.05) is 51.7 Å². The van der Waals surface area contributed by atoms with E-state index in [0.29, 0.717) is 12.0 Å². The molecule has 0 heterocycles. The predicted octanol–water partition coefficient (Wildman–Crippen LogP) is 4.67. The van der Waals surface area contributed by atoms with E-state index in [4.69, 9.17) is 4.74 Å². The fourth-order valence-electron chi connectivity index (χ4n) is 4.46. The largest absolute Gasteiger partial charge is 0.508 e. The zero-order chi connectivity index (χ0) is 26.2. The zero-order valence-corrected chi connectivity index (χ0v) is 22.1. The van der Waals surface area contributed by atoms with E-state index in [-0.39, 0.29) is 36.1 Å². The van der Waals surface area contributed by atoms with Gasteiger partial charge in [0.05, 0.1) is 0 Å². The van der Waals surface area contributed by atoms with Gasteiger partial charge in [0.15, 0.2) is 0 Å². The molecular formula is C27H43N3O5. The van der Waals surface area contributed by atoms with Gasteiger partial charge in [-0.2, -0.15) is 0 Å². The quantitative estimate of drug-likeness (QED) is 0.467. The molecule has 35 heavy (non-hydrogen) atoms. The van der Waals surface area contributed by atoms with Gasteiger partial charge in [-0.05, 0) is 64.2 Å². The maximum absolute atomic E-state index is 13.9. The second-order valence-corrected chi connectivity index (χ2v) is 10.5. The summed E-state index contributed by atoms with van der Waals surface area (Å²) in [7, 11) is 0. The number of nitrogens with zero attached hydrogens (tertiary/aromatic N) is 1. The number of hydrogen-bond acceptors (Lipinski definition) is 5. The highest BCUT2D eigenvalue weighted by atomic mass is 16.6. The van der Waals surface area contributed by atoms with E-state index in [1.54, 1.807) is 32.9 Å². The maximum Gasteiger partial charge on any atom is 0.408 e. The van der Waals surface area contributed by atoms with Gasteiger partial charge in [-0.25, -0.2) is 4.79 Å². The number of rotatable bonds is 9. The van der Waals surface area contributed by atoms with Gasteiger partial charge >= 0.3 is 6.09 Å². The number of carbonyl (C=O) groups excluding carboxylic acids is 3. The summed E-state index contributed by atoms with van der Waals surface area (Å²) in [5.41, 5.74) is -0.185. The summed E-state index contributed by atoms with van der Waals surface area (Å²) in [6.45, 7) is 11.2. The van der Waals surface area contributed by atoms with Crippen LogP contribution >= 0.6 is 0 Å². The summed E-state index contributed by atoms with van der Waals surface area (Å²) in [5.74, 6) is -0.806. The molecule has 0 spiro atoms. The van der Waals surface area contributed by atoms with E-state index in [2.05, 4.69) is 10.6 Å². The van der Waals surface area contributed by atoms with Crippen molar-refractivity contribution in [1.82, 2.24) is 15.5 Å². The van der Waals surface area contributed by atoms with E-state index >= 15 is 0 Å². The number of hydrogen-bond donors (Lipinski definition) is 3. The Kier molecular flexibility index (Phi) is 10.4. The average molecular weight is 490 g/mol. The zero-order valence-electron chi connectivity index (χ0n) is 22.1. The van der Waals surface area contributed by atoms with Crippen LogP contribution in [0.25, 0.3) is 0 Å². The Bertz CT molecular complexity index is 861. The first-order valence-electron chi connectivity index (χ1n) is 12.9. The molecule has 3 atom stereocenters. The molecule has 8 nitrogen and oxygen atoms in total. The Labute approximate surface area is 209 Å². The van der Waals surface area contributed by atoms with Crippen LogP contribution in [-0.2, 0) is 14.3 Å². The molecule has 0 radical (unpaired) electrons. The second-order valence-electron chi connectivity index (χ2n) is 10.5. The number of benzene rings is 1. The lowest BCUT2D eigenvalue weighted by Gasteiger charge is -2.36. The van der Waals surface area contributed by atoms with E-state index in [0.717, 1.165) is 32.1 Å². The van der Waals surface area contributed by atoms with Gasteiger partial charge in [0.2, 0.25) is 11.8 Å². The standard InChI is InChI=1S/C27H43N3O5/c1-7-18(3)22(29-26(34)35-27(4,5)6)25(33)30(8-2)23(19-13-12-16-21(31)17-19)24(32)28-20-14-10-9-11-15-20/h12-13,16-18,20,22-23,31H,7-11,14-15H2,1-6H3,(H,28,32)(H,29,34). The first-order chi connectivity index (χ1) is 16.5. The van der Waals surface area contributed by atoms with Crippen molar-refractivity contribution in [2.75, 3.05) is 6.54 Å². The molecule has 0 bridgehead atoms. The van der Waals surface area contributed by atoms with Crippen LogP contribution in [0.15, 0.2) is 24.3 Å². The van der Waals surface area contributed by atoms with Crippen LogP contribution < -0.4 is 10.6 Å². The minimum Gasteiger partial charge on any atom is -0.508 e. The lowest BCUT2D eigenvalue weighted by atomic mass is 9.93. The van der Waals surface area contributed by atoms with Crippen molar-refractivity contribution >= 4 is 17.9 Å². The summed E-state index contributed by atoms with van der Waals surface area (Å²) >= 11 is 0. The van der Waals surface area contributed by atoms with Gasteiger partial charge in [-0.15, -0.1) is 0 Å². The molecule has 1 saturated carbocycles. The smallest absolute Gasteiger partial charge is 0.408 e. The Morgan fingerprint density at radius 2 is 1.80 bits per heavy atom. The molecule has 1 fully saturated rings. The van der Waals surface area contributed by atoms with Crippen LogP contribution in [0.4, 0.5) is 4.79 Å². The molecule has 1 aliphatic carbocycles. The SMILES string of the molecule is CCC(C)C(NC(=O)OC(C)(C)C)C(=O)N(CC)C(C(=O)NC1CCCCC1)c1cccc(O)c1. The third kappa shape index (κ3) is 8.44. The van der Waals surface area contributed by atoms with Gasteiger partial charge < -0.3 is 25.4 Å². The number of alkyl carbamates (subject to hydrolysis) is 1. The summed E-state index contributed by atoms with van der Waals surface area (Å²) in [5, 5.41) is 16.0. The second kappa shape index (κ2) is 12.8. The van der Waals surface area contributed by atoms with Crippen LogP contribution in [0.2, 0.25) is 0 Å². The summed E-state index contributed by atoms with van der Waals surface area (Å²) < 4.78 is 5.40. The summed E-state index contributed by atoms with van der Waals surface area (Å²) in [6.07, 6.45) is 5.08. The molecule has 3 unspecified atom stereocenters. The fourth-order valence-corrected chi connectivity index (χ4v) is 4.46. The number of phenolic OH excluding ortho intramolecular Hbond substituents is 1. The lowest BCUT2D eigenvalue weighted by Crippen LogP contribution is -2.55. The highest BCUT2D eigenvalue weighted by Gasteiger charge is 2.38. The predicted molar refractivity (Wildman–Crippen MR) is 136 cm³/mol. The van der Waals surface area contributed by atoms with Gasteiger partial charge in [-0.3, -0.25) is 9.59 Å². The molecule has 3 N–H and O–H groups in total. The van der Waals surface area contributed by atoms with Crippen LogP contribution in [0, 0.1) is 5.92 Å². The Morgan fingerprint density at radius 3 is 2.34 bits per heavy atom. The molecule has 8 heteroatoms. The Hall–Kier alpha value is -2.77. The van der Waals surface area contributed by atoms with Crippen LogP contribution in [0.1, 0.15) is 91.7 Å².